The van der Waals surface area contributed by atoms with Gasteiger partial charge in [0.1, 0.15) is 5.69 Å². The fourth-order valence-corrected chi connectivity index (χ4v) is 2.52. The zero-order valence-electron chi connectivity index (χ0n) is 15.6. The first-order valence-electron chi connectivity index (χ1n) is 8.87. The highest BCUT2D eigenvalue weighted by molar-refractivity contribution is 5.92. The zero-order chi connectivity index (χ0) is 18.9. The van der Waals surface area contributed by atoms with Crippen LogP contribution in [0.4, 0.5) is 0 Å². The van der Waals surface area contributed by atoms with Gasteiger partial charge >= 0.3 is 0 Å². The molecule has 1 aromatic heterocycles. The molecule has 6 nitrogen and oxygen atoms in total. The van der Waals surface area contributed by atoms with Crippen LogP contribution in [0.3, 0.4) is 0 Å². The third-order valence-electron chi connectivity index (χ3n) is 3.86. The Morgan fingerprint density at radius 2 is 1.81 bits per heavy atom. The molecule has 0 aliphatic carbocycles. The van der Waals surface area contributed by atoms with Crippen LogP contribution in [0.5, 0.6) is 0 Å². The van der Waals surface area contributed by atoms with Gasteiger partial charge in [-0.2, -0.15) is 0 Å². The quantitative estimate of drug-likeness (QED) is 0.790. The molecule has 2 rings (SSSR count). The summed E-state index contributed by atoms with van der Waals surface area (Å²) in [5.41, 5.74) is 2.20. The second-order valence-electron chi connectivity index (χ2n) is 6.54. The molecule has 26 heavy (non-hydrogen) atoms. The van der Waals surface area contributed by atoms with Crippen molar-refractivity contribution in [2.24, 2.45) is 0 Å². The van der Waals surface area contributed by atoms with E-state index in [9.17, 15) is 9.59 Å². The Hall–Kier alpha value is -2.76. The Bertz CT molecular complexity index is 714. The van der Waals surface area contributed by atoms with E-state index >= 15 is 0 Å². The Kier molecular flexibility index (Phi) is 7.26. The van der Waals surface area contributed by atoms with Crippen molar-refractivity contribution < 1.29 is 9.59 Å². The number of rotatable bonds is 8. The van der Waals surface area contributed by atoms with E-state index in [4.69, 9.17) is 0 Å². The Labute approximate surface area is 154 Å². The van der Waals surface area contributed by atoms with Crippen LogP contribution >= 0.6 is 0 Å². The molecule has 0 bridgehead atoms. The van der Waals surface area contributed by atoms with E-state index in [2.05, 4.69) is 15.3 Å². The summed E-state index contributed by atoms with van der Waals surface area (Å²) in [5.74, 6) is -0.265. The second-order valence-corrected chi connectivity index (χ2v) is 6.54. The fourth-order valence-electron chi connectivity index (χ4n) is 2.52. The lowest BCUT2D eigenvalue weighted by Crippen LogP contribution is -2.38. The highest BCUT2D eigenvalue weighted by Gasteiger charge is 2.18. The molecule has 0 spiro atoms. The molecule has 0 saturated carbocycles. The zero-order valence-corrected chi connectivity index (χ0v) is 15.6. The number of benzene rings is 1. The normalized spacial score (nSPS) is 10.6. The summed E-state index contributed by atoms with van der Waals surface area (Å²) in [7, 11) is 0. The summed E-state index contributed by atoms with van der Waals surface area (Å²) in [5, 5.41) is 2.85. The van der Waals surface area contributed by atoms with Crippen molar-refractivity contribution >= 4 is 11.8 Å². The molecule has 1 aromatic carbocycles. The number of hydrogen-bond acceptors (Lipinski definition) is 4. The topological polar surface area (TPSA) is 75.2 Å². The molecule has 138 valence electrons. The van der Waals surface area contributed by atoms with Gasteiger partial charge in [-0.25, -0.2) is 4.98 Å². The van der Waals surface area contributed by atoms with Gasteiger partial charge in [0.2, 0.25) is 5.91 Å². The van der Waals surface area contributed by atoms with Gasteiger partial charge in [0.25, 0.3) is 5.91 Å². The van der Waals surface area contributed by atoms with Gasteiger partial charge < -0.3 is 10.2 Å². The first-order chi connectivity index (χ1) is 12.5. The van der Waals surface area contributed by atoms with Crippen molar-refractivity contribution in [1.82, 2.24) is 20.2 Å². The number of amides is 2. The minimum atomic E-state index is -0.203. The lowest BCUT2D eigenvalue weighted by atomic mass is 10.1. The SMILES string of the molecule is Cc1cnc(C(=O)N(CCC(=O)NC(C)C)CCc2ccccc2)cn1. The molecule has 0 unspecified atom stereocenters. The van der Waals surface area contributed by atoms with Crippen LogP contribution in [-0.2, 0) is 11.2 Å². The highest BCUT2D eigenvalue weighted by Crippen LogP contribution is 2.07. The van der Waals surface area contributed by atoms with Gasteiger partial charge in [0.15, 0.2) is 0 Å². The van der Waals surface area contributed by atoms with E-state index < -0.39 is 0 Å². The van der Waals surface area contributed by atoms with Crippen LogP contribution in [0.2, 0.25) is 0 Å². The summed E-state index contributed by atoms with van der Waals surface area (Å²) in [6.45, 7) is 6.52. The van der Waals surface area contributed by atoms with Crippen LogP contribution in [0, 0.1) is 6.92 Å². The maximum absolute atomic E-state index is 12.8. The van der Waals surface area contributed by atoms with E-state index in [1.165, 1.54) is 6.20 Å². The van der Waals surface area contributed by atoms with E-state index in [1.54, 1.807) is 11.1 Å². The second kappa shape index (κ2) is 9.65. The number of nitrogens with zero attached hydrogens (tertiary/aromatic N) is 3. The Morgan fingerprint density at radius 1 is 1.08 bits per heavy atom. The molecule has 0 atom stereocenters. The van der Waals surface area contributed by atoms with Gasteiger partial charge in [0.05, 0.1) is 11.9 Å². The summed E-state index contributed by atoms with van der Waals surface area (Å²) in [6, 6.07) is 10.1. The predicted octanol–water partition coefficient (Wildman–Crippen LogP) is 2.38. The number of aromatic nitrogens is 2. The standard InChI is InChI=1S/C20H26N4O2/c1-15(2)23-19(25)10-12-24(11-9-17-7-5-4-6-8-17)20(26)18-14-21-16(3)13-22-18/h4-8,13-15H,9-12H2,1-3H3,(H,23,25). The van der Waals surface area contributed by atoms with Crippen molar-refractivity contribution in [2.75, 3.05) is 13.1 Å². The van der Waals surface area contributed by atoms with Gasteiger partial charge in [-0.05, 0) is 32.8 Å². The van der Waals surface area contributed by atoms with Crippen LogP contribution in [-0.4, -0.2) is 45.8 Å². The van der Waals surface area contributed by atoms with Crippen LogP contribution in [0.25, 0.3) is 0 Å². The minimum absolute atomic E-state index is 0.0625. The van der Waals surface area contributed by atoms with Crippen molar-refractivity contribution in [3.63, 3.8) is 0 Å². The van der Waals surface area contributed by atoms with Crippen LogP contribution < -0.4 is 5.32 Å². The number of carbonyl (C=O) groups excluding carboxylic acids is 2. The molecule has 1 heterocycles. The molecule has 0 saturated heterocycles. The number of hydrogen-bond donors (Lipinski definition) is 1. The lowest BCUT2D eigenvalue weighted by molar-refractivity contribution is -0.121. The van der Waals surface area contributed by atoms with Gasteiger partial charge in [0, 0.05) is 31.7 Å². The average Bonchev–Trinajstić information content (AvgIpc) is 2.62. The van der Waals surface area contributed by atoms with Gasteiger partial charge in [-0.1, -0.05) is 30.3 Å². The smallest absolute Gasteiger partial charge is 0.274 e. The van der Waals surface area contributed by atoms with Gasteiger partial charge in [-0.15, -0.1) is 0 Å². The number of aryl methyl sites for hydroxylation is 1. The molecule has 2 aromatic rings. The number of carbonyl (C=O) groups is 2. The summed E-state index contributed by atoms with van der Waals surface area (Å²) < 4.78 is 0. The fraction of sp³-hybridized carbons (Fsp3) is 0.400. The first kappa shape index (κ1) is 19.6. The third-order valence-corrected chi connectivity index (χ3v) is 3.86. The van der Waals surface area contributed by atoms with Gasteiger partial charge in [-0.3, -0.25) is 14.6 Å². The Balaban J connectivity index is 2.05. The van der Waals surface area contributed by atoms with E-state index in [1.807, 2.05) is 51.1 Å². The van der Waals surface area contributed by atoms with Crippen molar-refractivity contribution in [3.05, 3.63) is 59.7 Å². The maximum Gasteiger partial charge on any atom is 0.274 e. The molecule has 0 fully saturated rings. The Morgan fingerprint density at radius 3 is 2.42 bits per heavy atom. The summed E-state index contributed by atoms with van der Waals surface area (Å²) in [6.07, 6.45) is 4.05. The molecule has 0 radical (unpaired) electrons. The van der Waals surface area contributed by atoms with E-state index in [-0.39, 0.29) is 24.3 Å². The van der Waals surface area contributed by atoms with E-state index in [0.29, 0.717) is 18.8 Å². The van der Waals surface area contributed by atoms with E-state index in [0.717, 1.165) is 17.7 Å². The molecule has 2 amide bonds. The van der Waals surface area contributed by atoms with Crippen molar-refractivity contribution in [3.8, 4) is 0 Å². The molecule has 1 N–H and O–H groups in total. The molecule has 0 aliphatic heterocycles. The molecule has 6 heteroatoms. The highest BCUT2D eigenvalue weighted by atomic mass is 16.2. The van der Waals surface area contributed by atoms with Crippen LogP contribution in [0.15, 0.2) is 42.7 Å². The maximum atomic E-state index is 12.8. The molecule has 0 aliphatic rings. The number of nitrogens with one attached hydrogen (secondary N) is 1. The van der Waals surface area contributed by atoms with Crippen molar-refractivity contribution in [1.29, 1.82) is 0 Å². The average molecular weight is 354 g/mol. The molecular weight excluding hydrogens is 328 g/mol. The lowest BCUT2D eigenvalue weighted by Gasteiger charge is -2.22. The molecular formula is C20H26N4O2. The summed E-state index contributed by atoms with van der Waals surface area (Å²) in [4.78, 5) is 34.8. The largest absolute Gasteiger partial charge is 0.354 e. The summed E-state index contributed by atoms with van der Waals surface area (Å²) >= 11 is 0. The monoisotopic (exact) mass is 354 g/mol. The minimum Gasteiger partial charge on any atom is -0.354 e. The first-order valence-corrected chi connectivity index (χ1v) is 8.87. The predicted molar refractivity (Wildman–Crippen MR) is 101 cm³/mol. The third kappa shape index (κ3) is 6.27. The van der Waals surface area contributed by atoms with Crippen molar-refractivity contribution in [2.45, 2.75) is 39.7 Å². The van der Waals surface area contributed by atoms with Crippen LogP contribution in [0.1, 0.15) is 42.0 Å².